The number of carbonyl (C=O) groups excluding carboxylic acids is 1. The minimum absolute atomic E-state index is 0.00146. The summed E-state index contributed by atoms with van der Waals surface area (Å²) in [5, 5.41) is 23.3. The Balaban J connectivity index is 1.80. The number of nitro groups is 1. The van der Waals surface area contributed by atoms with Crippen molar-refractivity contribution in [2.75, 3.05) is 6.61 Å². The maximum Gasteiger partial charge on any atom is 0.269 e. The number of benzene rings is 3. The van der Waals surface area contributed by atoms with Crippen molar-refractivity contribution in [1.29, 1.82) is 5.26 Å². The van der Waals surface area contributed by atoms with Crippen molar-refractivity contribution in [1.82, 2.24) is 5.32 Å². The third kappa shape index (κ3) is 6.93. The number of hydrogen-bond acceptors (Lipinski definition) is 6. The van der Waals surface area contributed by atoms with E-state index in [1.807, 2.05) is 50.2 Å². The van der Waals surface area contributed by atoms with Gasteiger partial charge in [-0.3, -0.25) is 14.9 Å². The van der Waals surface area contributed by atoms with Gasteiger partial charge in [0.1, 0.15) is 18.2 Å². The van der Waals surface area contributed by atoms with Crippen molar-refractivity contribution < 1.29 is 19.2 Å². The van der Waals surface area contributed by atoms with E-state index in [-0.39, 0.29) is 23.9 Å². The highest BCUT2D eigenvalue weighted by molar-refractivity contribution is 9.10. The molecule has 1 atom stereocenters. The van der Waals surface area contributed by atoms with Crippen molar-refractivity contribution >= 4 is 33.6 Å². The van der Waals surface area contributed by atoms with Crippen LogP contribution in [-0.4, -0.2) is 17.4 Å². The summed E-state index contributed by atoms with van der Waals surface area (Å²) in [6.45, 7) is 4.21. The first-order valence-electron chi connectivity index (χ1n) is 11.1. The monoisotopic (exact) mass is 549 g/mol. The number of non-ortho nitro benzene ring substituents is 1. The zero-order chi connectivity index (χ0) is 26.1. The van der Waals surface area contributed by atoms with Gasteiger partial charge < -0.3 is 14.8 Å². The standard InChI is InChI=1S/C27H24BrN3O5/c1-3-35-25-15-20(13-22(16-29)27(32)30-18(2)21-7-5-4-6-8-21)14-24(28)26(25)36-17-19-9-11-23(12-10-19)31(33)34/h4-15,18H,3,17H2,1-2H3,(H,30,32)/b22-13-/t18-/m0/s1. The fourth-order valence-electron chi connectivity index (χ4n) is 3.36. The Labute approximate surface area is 217 Å². The lowest BCUT2D eigenvalue weighted by Gasteiger charge is -2.15. The second-order valence-corrected chi connectivity index (χ2v) is 8.61. The maximum absolute atomic E-state index is 12.7. The van der Waals surface area contributed by atoms with Gasteiger partial charge in [0.05, 0.1) is 22.0 Å². The molecule has 8 nitrogen and oxygen atoms in total. The van der Waals surface area contributed by atoms with Gasteiger partial charge in [0.25, 0.3) is 11.6 Å². The van der Waals surface area contributed by atoms with E-state index in [9.17, 15) is 20.2 Å². The molecule has 1 N–H and O–H groups in total. The van der Waals surface area contributed by atoms with Gasteiger partial charge in [-0.1, -0.05) is 30.3 Å². The first-order valence-corrected chi connectivity index (χ1v) is 11.9. The first-order chi connectivity index (χ1) is 17.3. The molecule has 0 heterocycles. The third-order valence-electron chi connectivity index (χ3n) is 5.19. The van der Waals surface area contributed by atoms with Crippen LogP contribution in [0.3, 0.4) is 0 Å². The van der Waals surface area contributed by atoms with E-state index < -0.39 is 10.8 Å². The van der Waals surface area contributed by atoms with Gasteiger partial charge in [0.15, 0.2) is 11.5 Å². The van der Waals surface area contributed by atoms with Crippen LogP contribution in [0, 0.1) is 21.4 Å². The molecule has 0 saturated carbocycles. The van der Waals surface area contributed by atoms with Gasteiger partial charge in [0, 0.05) is 12.1 Å². The number of nitro benzene ring substituents is 1. The van der Waals surface area contributed by atoms with Crippen LogP contribution >= 0.6 is 15.9 Å². The van der Waals surface area contributed by atoms with E-state index in [2.05, 4.69) is 21.2 Å². The van der Waals surface area contributed by atoms with E-state index in [1.54, 1.807) is 24.3 Å². The quantitative estimate of drug-likeness (QED) is 0.141. The van der Waals surface area contributed by atoms with Crippen LogP contribution in [-0.2, 0) is 11.4 Å². The molecule has 0 aliphatic carbocycles. The predicted molar refractivity (Wildman–Crippen MR) is 139 cm³/mol. The fraction of sp³-hybridized carbons (Fsp3) is 0.185. The predicted octanol–water partition coefficient (Wildman–Crippen LogP) is 6.12. The molecule has 184 valence electrons. The molecule has 0 bridgehead atoms. The molecule has 0 radical (unpaired) electrons. The SMILES string of the molecule is CCOc1cc(/C=C(/C#N)C(=O)N[C@@H](C)c2ccccc2)cc(Br)c1OCc1ccc([N+](=O)[O-])cc1. The molecular weight excluding hydrogens is 526 g/mol. The highest BCUT2D eigenvalue weighted by Crippen LogP contribution is 2.38. The van der Waals surface area contributed by atoms with Crippen LogP contribution in [0.1, 0.15) is 36.6 Å². The van der Waals surface area contributed by atoms with E-state index >= 15 is 0 Å². The molecular formula is C27H24BrN3O5. The summed E-state index contributed by atoms with van der Waals surface area (Å²) >= 11 is 3.48. The molecule has 0 unspecified atom stereocenters. The normalized spacial score (nSPS) is 11.8. The van der Waals surface area contributed by atoms with Crippen molar-refractivity contribution in [3.8, 4) is 17.6 Å². The van der Waals surface area contributed by atoms with Crippen LogP contribution in [0.4, 0.5) is 5.69 Å². The number of amides is 1. The number of nitriles is 1. The zero-order valence-electron chi connectivity index (χ0n) is 19.7. The Morgan fingerprint density at radius 1 is 1.17 bits per heavy atom. The number of nitrogens with zero attached hydrogens (tertiary/aromatic N) is 2. The molecule has 3 aromatic carbocycles. The van der Waals surface area contributed by atoms with Crippen LogP contribution < -0.4 is 14.8 Å². The van der Waals surface area contributed by atoms with E-state index in [0.717, 1.165) is 11.1 Å². The molecule has 9 heteroatoms. The second-order valence-electron chi connectivity index (χ2n) is 7.75. The van der Waals surface area contributed by atoms with Gasteiger partial charge in [-0.2, -0.15) is 5.26 Å². The molecule has 1 amide bonds. The Kier molecular flexibility index (Phi) is 9.19. The number of halogens is 1. The molecule has 3 aromatic rings. The molecule has 0 spiro atoms. The summed E-state index contributed by atoms with van der Waals surface area (Å²) in [5.74, 6) is 0.379. The third-order valence-corrected chi connectivity index (χ3v) is 5.77. The average Bonchev–Trinajstić information content (AvgIpc) is 2.87. The van der Waals surface area contributed by atoms with Crippen LogP contribution in [0.2, 0.25) is 0 Å². The number of carbonyl (C=O) groups is 1. The van der Waals surface area contributed by atoms with Gasteiger partial charge >= 0.3 is 0 Å². The number of hydrogen-bond donors (Lipinski definition) is 1. The number of nitrogens with one attached hydrogen (secondary N) is 1. The smallest absolute Gasteiger partial charge is 0.269 e. The van der Waals surface area contributed by atoms with Crippen molar-refractivity contribution in [2.24, 2.45) is 0 Å². The van der Waals surface area contributed by atoms with Crippen LogP contribution in [0.25, 0.3) is 6.08 Å². The lowest BCUT2D eigenvalue weighted by Crippen LogP contribution is -2.27. The van der Waals surface area contributed by atoms with Gasteiger partial charge in [0.2, 0.25) is 0 Å². The van der Waals surface area contributed by atoms with Gasteiger partial charge in [-0.15, -0.1) is 0 Å². The Hall–Kier alpha value is -4.16. The maximum atomic E-state index is 12.7. The lowest BCUT2D eigenvalue weighted by atomic mass is 10.1. The molecule has 0 fully saturated rings. The van der Waals surface area contributed by atoms with Crippen molar-refractivity contribution in [3.05, 3.63) is 104 Å². The van der Waals surface area contributed by atoms with Gasteiger partial charge in [-0.25, -0.2) is 0 Å². The molecule has 0 aliphatic heterocycles. The summed E-state index contributed by atoms with van der Waals surface area (Å²) in [6.07, 6.45) is 1.49. The Morgan fingerprint density at radius 2 is 1.86 bits per heavy atom. The summed E-state index contributed by atoms with van der Waals surface area (Å²) < 4.78 is 12.2. The largest absolute Gasteiger partial charge is 0.490 e. The van der Waals surface area contributed by atoms with Gasteiger partial charge in [-0.05, 0) is 76.8 Å². The van der Waals surface area contributed by atoms with E-state index in [1.165, 1.54) is 18.2 Å². The molecule has 36 heavy (non-hydrogen) atoms. The summed E-state index contributed by atoms with van der Waals surface area (Å²) in [6, 6.07) is 20.7. The minimum Gasteiger partial charge on any atom is -0.490 e. The summed E-state index contributed by atoms with van der Waals surface area (Å²) in [7, 11) is 0. The molecule has 0 aromatic heterocycles. The molecule has 0 aliphatic rings. The zero-order valence-corrected chi connectivity index (χ0v) is 21.3. The Bertz CT molecular complexity index is 1300. The van der Waals surface area contributed by atoms with Crippen LogP contribution in [0.5, 0.6) is 11.5 Å². The topological polar surface area (TPSA) is 114 Å². The molecule has 0 saturated heterocycles. The number of ether oxygens (including phenoxy) is 2. The fourth-order valence-corrected chi connectivity index (χ4v) is 3.93. The van der Waals surface area contributed by atoms with Crippen molar-refractivity contribution in [2.45, 2.75) is 26.5 Å². The second kappa shape index (κ2) is 12.5. The highest BCUT2D eigenvalue weighted by atomic mass is 79.9. The number of rotatable bonds is 10. The summed E-state index contributed by atoms with van der Waals surface area (Å²) in [4.78, 5) is 23.1. The minimum atomic E-state index is -0.485. The average molecular weight is 550 g/mol. The van der Waals surface area contributed by atoms with Crippen molar-refractivity contribution in [3.63, 3.8) is 0 Å². The lowest BCUT2D eigenvalue weighted by molar-refractivity contribution is -0.384. The Morgan fingerprint density at radius 3 is 2.47 bits per heavy atom. The first kappa shape index (κ1) is 26.4. The van der Waals surface area contributed by atoms with E-state index in [0.29, 0.717) is 28.1 Å². The highest BCUT2D eigenvalue weighted by Gasteiger charge is 2.16. The van der Waals surface area contributed by atoms with Crippen LogP contribution in [0.15, 0.2) is 76.8 Å². The summed E-state index contributed by atoms with van der Waals surface area (Å²) in [5.41, 5.74) is 2.20. The molecule has 3 rings (SSSR count). The van der Waals surface area contributed by atoms with E-state index in [4.69, 9.17) is 9.47 Å².